The molecule has 0 aromatic heterocycles. The Labute approximate surface area is 154 Å². The van der Waals surface area contributed by atoms with E-state index in [4.69, 9.17) is 11.6 Å². The van der Waals surface area contributed by atoms with E-state index in [1.807, 2.05) is 18.2 Å². The fourth-order valence-electron chi connectivity index (χ4n) is 2.95. The zero-order chi connectivity index (χ0) is 18.4. The predicted octanol–water partition coefficient (Wildman–Crippen LogP) is 2.25. The number of hydrogen-bond donors (Lipinski definition) is 2. The highest BCUT2D eigenvalue weighted by molar-refractivity contribution is 6.30. The van der Waals surface area contributed by atoms with E-state index in [1.165, 1.54) is 16.2 Å². The minimum Gasteiger partial charge on any atom is -0.371 e. The zero-order valence-electron chi connectivity index (χ0n) is 15.1. The zero-order valence-corrected chi connectivity index (χ0v) is 15.9. The summed E-state index contributed by atoms with van der Waals surface area (Å²) in [7, 11) is 3.41. The lowest BCUT2D eigenvalue weighted by Gasteiger charge is -2.21. The first-order chi connectivity index (χ1) is 11.9. The van der Waals surface area contributed by atoms with Crippen molar-refractivity contribution in [2.45, 2.75) is 19.8 Å². The molecule has 25 heavy (non-hydrogen) atoms. The van der Waals surface area contributed by atoms with Gasteiger partial charge in [0.15, 0.2) is 0 Å². The number of urea groups is 1. The molecule has 138 valence electrons. The van der Waals surface area contributed by atoms with Crippen LogP contribution in [0, 0.1) is 12.8 Å². The summed E-state index contributed by atoms with van der Waals surface area (Å²) in [4.78, 5) is 27.1. The van der Waals surface area contributed by atoms with Crippen LogP contribution >= 0.6 is 11.6 Å². The van der Waals surface area contributed by atoms with Crippen LogP contribution in [0.2, 0.25) is 5.02 Å². The summed E-state index contributed by atoms with van der Waals surface area (Å²) in [6.07, 6.45) is 1.34. The predicted molar refractivity (Wildman–Crippen MR) is 101 cm³/mol. The molecule has 1 heterocycles. The molecule has 3 amide bonds. The number of nitrogens with zero attached hydrogens (tertiary/aromatic N) is 2. The first kappa shape index (κ1) is 19.4. The van der Waals surface area contributed by atoms with Crippen LogP contribution < -0.4 is 15.5 Å². The van der Waals surface area contributed by atoms with Gasteiger partial charge in [-0.2, -0.15) is 0 Å². The average molecular weight is 367 g/mol. The number of carbonyl (C=O) groups excluding carboxylic acids is 2. The smallest absolute Gasteiger partial charge is 0.314 e. The van der Waals surface area contributed by atoms with Crippen molar-refractivity contribution < 1.29 is 9.59 Å². The van der Waals surface area contributed by atoms with Gasteiger partial charge in [0.2, 0.25) is 5.91 Å². The lowest BCUT2D eigenvalue weighted by atomic mass is 10.1. The molecule has 0 unspecified atom stereocenters. The molecule has 1 aliphatic heterocycles. The molecular weight excluding hydrogens is 340 g/mol. The van der Waals surface area contributed by atoms with Crippen molar-refractivity contribution in [3.63, 3.8) is 0 Å². The maximum atomic E-state index is 11.8. The molecule has 0 radical (unpaired) electrons. The normalized spacial score (nSPS) is 16.6. The molecular formula is C18H27ClN4O2. The second-order valence-electron chi connectivity index (χ2n) is 6.71. The summed E-state index contributed by atoms with van der Waals surface area (Å²) in [5.74, 6) is 0.413. The lowest BCUT2D eigenvalue weighted by molar-refractivity contribution is -0.128. The van der Waals surface area contributed by atoms with Crippen molar-refractivity contribution in [1.82, 2.24) is 15.5 Å². The van der Waals surface area contributed by atoms with E-state index in [1.54, 1.807) is 14.1 Å². The molecule has 0 aliphatic carbocycles. The SMILES string of the molecule is Cc1ccc(Cl)cc1N1CC[C@H](CNC(=O)NCCC(=O)N(C)C)C1. The van der Waals surface area contributed by atoms with Gasteiger partial charge < -0.3 is 20.4 Å². The second kappa shape index (κ2) is 8.94. The van der Waals surface area contributed by atoms with Crippen molar-refractivity contribution in [3.8, 4) is 0 Å². The summed E-state index contributed by atoms with van der Waals surface area (Å²) in [5.41, 5.74) is 2.38. The van der Waals surface area contributed by atoms with Crippen molar-refractivity contribution >= 4 is 29.2 Å². The third-order valence-corrected chi connectivity index (χ3v) is 4.71. The Morgan fingerprint density at radius 3 is 2.80 bits per heavy atom. The third kappa shape index (κ3) is 5.81. The van der Waals surface area contributed by atoms with E-state index in [-0.39, 0.29) is 11.9 Å². The number of rotatable bonds is 6. The highest BCUT2D eigenvalue weighted by Crippen LogP contribution is 2.29. The number of carbonyl (C=O) groups is 2. The van der Waals surface area contributed by atoms with Gasteiger partial charge in [0.25, 0.3) is 0 Å². The lowest BCUT2D eigenvalue weighted by Crippen LogP contribution is -2.40. The van der Waals surface area contributed by atoms with E-state index in [2.05, 4.69) is 22.5 Å². The minimum absolute atomic E-state index is 0.00336. The molecule has 0 saturated carbocycles. The third-order valence-electron chi connectivity index (χ3n) is 4.47. The van der Waals surface area contributed by atoms with Crippen molar-refractivity contribution in [1.29, 1.82) is 0 Å². The Morgan fingerprint density at radius 1 is 1.32 bits per heavy atom. The van der Waals surface area contributed by atoms with Gasteiger partial charge in [-0.1, -0.05) is 17.7 Å². The molecule has 1 aromatic carbocycles. The first-order valence-electron chi connectivity index (χ1n) is 8.59. The fourth-order valence-corrected chi connectivity index (χ4v) is 3.11. The highest BCUT2D eigenvalue weighted by Gasteiger charge is 2.24. The number of amides is 3. The van der Waals surface area contributed by atoms with Gasteiger partial charge in [0.1, 0.15) is 0 Å². The van der Waals surface area contributed by atoms with Crippen LogP contribution in [0.15, 0.2) is 18.2 Å². The van der Waals surface area contributed by atoms with Crippen LogP contribution in [-0.4, -0.2) is 57.1 Å². The molecule has 6 nitrogen and oxygen atoms in total. The molecule has 1 aromatic rings. The van der Waals surface area contributed by atoms with E-state index in [9.17, 15) is 9.59 Å². The topological polar surface area (TPSA) is 64.7 Å². The monoisotopic (exact) mass is 366 g/mol. The van der Waals surface area contributed by atoms with Crippen LogP contribution in [0.5, 0.6) is 0 Å². The maximum Gasteiger partial charge on any atom is 0.314 e. The molecule has 1 aliphatic rings. The fraction of sp³-hybridized carbons (Fsp3) is 0.556. The van der Waals surface area contributed by atoms with Crippen molar-refractivity contribution in [2.24, 2.45) is 5.92 Å². The average Bonchev–Trinajstić information content (AvgIpc) is 3.03. The van der Waals surface area contributed by atoms with Gasteiger partial charge in [-0.05, 0) is 37.0 Å². The Hall–Kier alpha value is -1.95. The van der Waals surface area contributed by atoms with Crippen LogP contribution in [0.25, 0.3) is 0 Å². The van der Waals surface area contributed by atoms with Gasteiger partial charge in [0.05, 0.1) is 0 Å². The Kier molecular flexibility index (Phi) is 6.93. The van der Waals surface area contributed by atoms with Crippen LogP contribution in [0.3, 0.4) is 0 Å². The Morgan fingerprint density at radius 2 is 2.08 bits per heavy atom. The summed E-state index contributed by atoms with van der Waals surface area (Å²) in [5, 5.41) is 6.37. The largest absolute Gasteiger partial charge is 0.371 e. The molecule has 0 spiro atoms. The summed E-state index contributed by atoms with van der Waals surface area (Å²) in [6, 6.07) is 5.72. The number of hydrogen-bond acceptors (Lipinski definition) is 3. The van der Waals surface area contributed by atoms with Gasteiger partial charge >= 0.3 is 6.03 Å². The standard InChI is InChI=1S/C18H27ClN4O2/c1-13-4-5-15(19)10-16(13)23-9-7-14(12-23)11-21-18(25)20-8-6-17(24)22(2)3/h4-5,10,14H,6-9,11-12H2,1-3H3,(H2,20,21,25)/t14-/m1/s1. The van der Waals surface area contributed by atoms with Gasteiger partial charge in [-0.3, -0.25) is 4.79 Å². The van der Waals surface area contributed by atoms with Crippen LogP contribution in [-0.2, 0) is 4.79 Å². The van der Waals surface area contributed by atoms with E-state index < -0.39 is 0 Å². The number of anilines is 1. The molecule has 2 N–H and O–H groups in total. The Balaban J connectivity index is 1.71. The van der Waals surface area contributed by atoms with Crippen LogP contribution in [0.1, 0.15) is 18.4 Å². The second-order valence-corrected chi connectivity index (χ2v) is 7.14. The van der Waals surface area contributed by atoms with Crippen LogP contribution in [0.4, 0.5) is 10.5 Å². The number of nitrogens with one attached hydrogen (secondary N) is 2. The van der Waals surface area contributed by atoms with E-state index in [0.717, 1.165) is 24.5 Å². The number of halogens is 1. The highest BCUT2D eigenvalue weighted by atomic mass is 35.5. The first-order valence-corrected chi connectivity index (χ1v) is 8.97. The molecule has 1 saturated heterocycles. The van der Waals surface area contributed by atoms with Gasteiger partial charge in [-0.25, -0.2) is 4.79 Å². The van der Waals surface area contributed by atoms with E-state index in [0.29, 0.717) is 25.4 Å². The maximum absolute atomic E-state index is 11.8. The van der Waals surface area contributed by atoms with E-state index >= 15 is 0 Å². The van der Waals surface area contributed by atoms with Gasteiger partial charge in [0, 0.05) is 57.4 Å². The number of benzene rings is 1. The van der Waals surface area contributed by atoms with Crippen molar-refractivity contribution in [3.05, 3.63) is 28.8 Å². The Bertz CT molecular complexity index is 621. The molecule has 7 heteroatoms. The summed E-state index contributed by atoms with van der Waals surface area (Å²) in [6.45, 7) is 4.93. The number of aryl methyl sites for hydroxylation is 1. The summed E-state index contributed by atoms with van der Waals surface area (Å²) >= 11 is 6.11. The quantitative estimate of drug-likeness (QED) is 0.811. The van der Waals surface area contributed by atoms with Crippen molar-refractivity contribution in [2.75, 3.05) is 45.2 Å². The molecule has 1 atom stereocenters. The summed E-state index contributed by atoms with van der Waals surface area (Å²) < 4.78 is 0. The minimum atomic E-state index is -0.219. The molecule has 2 rings (SSSR count). The molecule has 1 fully saturated rings. The molecule has 0 bridgehead atoms. The van der Waals surface area contributed by atoms with Gasteiger partial charge in [-0.15, -0.1) is 0 Å².